The van der Waals surface area contributed by atoms with E-state index in [1.807, 2.05) is 18.2 Å². The number of fused-ring (bicyclic) bond motifs is 1. The van der Waals surface area contributed by atoms with Crippen LogP contribution in [0.3, 0.4) is 0 Å². The largest absolute Gasteiger partial charge is 0.318 e. The van der Waals surface area contributed by atoms with E-state index in [0.717, 1.165) is 0 Å². The predicted octanol–water partition coefficient (Wildman–Crippen LogP) is 3.39. The van der Waals surface area contributed by atoms with Crippen LogP contribution in [0.5, 0.6) is 0 Å². The molecule has 0 aliphatic carbocycles. The third kappa shape index (κ3) is 2.64. The van der Waals surface area contributed by atoms with Crippen LogP contribution in [0.2, 0.25) is 5.02 Å². The number of halogens is 1. The zero-order valence-electron chi connectivity index (χ0n) is 12.9. The normalized spacial score (nSPS) is 10.9. The van der Waals surface area contributed by atoms with Crippen molar-refractivity contribution in [2.45, 2.75) is 0 Å². The minimum Gasteiger partial charge on any atom is -0.318 e. The molecule has 2 heterocycles. The Morgan fingerprint density at radius 1 is 0.920 bits per heavy atom. The summed E-state index contributed by atoms with van der Waals surface area (Å²) in [5, 5.41) is 0.455. The molecule has 0 aliphatic rings. The van der Waals surface area contributed by atoms with E-state index in [2.05, 4.69) is 9.97 Å². The molecule has 0 spiro atoms. The Kier molecular flexibility index (Phi) is 3.71. The minimum atomic E-state index is -0.348. The summed E-state index contributed by atoms with van der Waals surface area (Å²) in [6.45, 7) is 0. The number of nitrogens with zero attached hydrogens (tertiary/aromatic N) is 2. The van der Waals surface area contributed by atoms with Crippen LogP contribution in [0, 0.1) is 0 Å². The zero-order chi connectivity index (χ0) is 17.4. The number of rotatable bonds is 2. The molecule has 0 atom stereocenters. The van der Waals surface area contributed by atoms with Crippen molar-refractivity contribution in [1.82, 2.24) is 14.5 Å². The highest BCUT2D eigenvalue weighted by atomic mass is 35.5. The Balaban J connectivity index is 2.01. The van der Waals surface area contributed by atoms with Crippen LogP contribution in [-0.4, -0.2) is 14.5 Å². The second-order valence-corrected chi connectivity index (χ2v) is 5.89. The second kappa shape index (κ2) is 6.03. The number of nitrogens with one attached hydrogen (secondary N) is 1. The van der Waals surface area contributed by atoms with Gasteiger partial charge < -0.3 is 4.98 Å². The fourth-order valence-electron chi connectivity index (χ4n) is 2.71. The van der Waals surface area contributed by atoms with E-state index in [-0.39, 0.29) is 22.3 Å². The molecule has 0 fully saturated rings. The molecule has 0 amide bonds. The number of aromatic nitrogens is 3. The highest BCUT2D eigenvalue weighted by molar-refractivity contribution is 6.32. The van der Waals surface area contributed by atoms with E-state index in [0.29, 0.717) is 21.8 Å². The maximum absolute atomic E-state index is 12.9. The second-order valence-electron chi connectivity index (χ2n) is 5.49. The molecule has 0 saturated carbocycles. The summed E-state index contributed by atoms with van der Waals surface area (Å²) in [5.74, 6) is 0. The van der Waals surface area contributed by atoms with Gasteiger partial charge in [-0.1, -0.05) is 54.1 Å². The molecule has 25 heavy (non-hydrogen) atoms. The number of hydrogen-bond donors (Lipinski definition) is 1. The first-order valence-electron chi connectivity index (χ1n) is 7.61. The zero-order valence-corrected chi connectivity index (χ0v) is 13.7. The molecule has 0 aliphatic heterocycles. The van der Waals surface area contributed by atoms with Gasteiger partial charge in [-0.25, -0.2) is 4.98 Å². The summed E-state index contributed by atoms with van der Waals surface area (Å²) in [5.41, 5.74) is 1.30. The average Bonchev–Trinajstić information content (AvgIpc) is 2.63. The number of H-pyrrole nitrogens is 1. The van der Waals surface area contributed by atoms with Gasteiger partial charge in [0.2, 0.25) is 0 Å². The monoisotopic (exact) mass is 349 g/mol. The van der Waals surface area contributed by atoms with Gasteiger partial charge in [0.05, 0.1) is 16.2 Å². The number of aromatic amines is 1. The van der Waals surface area contributed by atoms with Crippen LogP contribution in [0.15, 0.2) is 76.4 Å². The third-order valence-electron chi connectivity index (χ3n) is 3.91. The molecule has 0 unspecified atom stereocenters. The first kappa shape index (κ1) is 15.4. The highest BCUT2D eigenvalue weighted by Gasteiger charge is 2.12. The van der Waals surface area contributed by atoms with Crippen LogP contribution in [0.1, 0.15) is 0 Å². The lowest BCUT2D eigenvalue weighted by Gasteiger charge is -2.09. The quantitative estimate of drug-likeness (QED) is 0.603. The Bertz CT molecular complexity index is 1200. The molecule has 4 rings (SSSR count). The fraction of sp³-hybridized carbons (Fsp3) is 0. The van der Waals surface area contributed by atoms with E-state index >= 15 is 0 Å². The van der Waals surface area contributed by atoms with Gasteiger partial charge in [-0.3, -0.25) is 14.2 Å². The first-order valence-corrected chi connectivity index (χ1v) is 7.99. The number of para-hydroxylation sites is 1. The van der Waals surface area contributed by atoms with Crippen LogP contribution in [-0.2, 0) is 0 Å². The van der Waals surface area contributed by atoms with Crippen LogP contribution in [0.25, 0.3) is 28.0 Å². The lowest BCUT2D eigenvalue weighted by molar-refractivity contribution is 0.994. The Hall–Kier alpha value is -3.18. The summed E-state index contributed by atoms with van der Waals surface area (Å²) in [4.78, 5) is 32.3. The molecule has 2 aromatic carbocycles. The summed E-state index contributed by atoms with van der Waals surface area (Å²) >= 11 is 6.20. The number of benzene rings is 2. The van der Waals surface area contributed by atoms with Crippen LogP contribution >= 0.6 is 11.6 Å². The van der Waals surface area contributed by atoms with Gasteiger partial charge in [0.25, 0.3) is 11.1 Å². The van der Waals surface area contributed by atoms with Crippen molar-refractivity contribution >= 4 is 22.6 Å². The Morgan fingerprint density at radius 2 is 1.64 bits per heavy atom. The topological polar surface area (TPSA) is 67.8 Å². The summed E-state index contributed by atoms with van der Waals surface area (Å²) in [7, 11) is 0. The van der Waals surface area contributed by atoms with Crippen molar-refractivity contribution in [2.24, 2.45) is 0 Å². The SMILES string of the molecule is O=c1[nH]c2ccn(-c3ccccc3Cl)c(=O)c2nc1-c1ccccc1. The average molecular weight is 350 g/mol. The van der Waals surface area contributed by atoms with Crippen molar-refractivity contribution < 1.29 is 0 Å². The molecule has 1 N–H and O–H groups in total. The van der Waals surface area contributed by atoms with Crippen molar-refractivity contribution in [2.75, 3.05) is 0 Å². The molecule has 5 nitrogen and oxygen atoms in total. The Labute approximate surface area is 147 Å². The maximum atomic E-state index is 12.9. The number of hydrogen-bond acceptors (Lipinski definition) is 3. The predicted molar refractivity (Wildman–Crippen MR) is 98.4 cm³/mol. The molecular formula is C19H12ClN3O2. The Morgan fingerprint density at radius 3 is 2.40 bits per heavy atom. The molecule has 6 heteroatoms. The van der Waals surface area contributed by atoms with Gasteiger partial charge >= 0.3 is 0 Å². The molecule has 0 radical (unpaired) electrons. The van der Waals surface area contributed by atoms with E-state index in [1.54, 1.807) is 48.7 Å². The van der Waals surface area contributed by atoms with Gasteiger partial charge in [-0.15, -0.1) is 0 Å². The van der Waals surface area contributed by atoms with Gasteiger partial charge in [0, 0.05) is 11.8 Å². The van der Waals surface area contributed by atoms with E-state index < -0.39 is 0 Å². The number of pyridine rings is 1. The van der Waals surface area contributed by atoms with E-state index in [4.69, 9.17) is 11.6 Å². The maximum Gasteiger partial charge on any atom is 0.283 e. The van der Waals surface area contributed by atoms with Crippen molar-refractivity contribution in [3.63, 3.8) is 0 Å². The molecule has 4 aromatic rings. The van der Waals surface area contributed by atoms with Crippen molar-refractivity contribution in [1.29, 1.82) is 0 Å². The van der Waals surface area contributed by atoms with Gasteiger partial charge in [0.1, 0.15) is 5.69 Å². The third-order valence-corrected chi connectivity index (χ3v) is 4.23. The summed E-state index contributed by atoms with van der Waals surface area (Å²) < 4.78 is 1.42. The molecule has 2 aromatic heterocycles. The molecule has 122 valence electrons. The van der Waals surface area contributed by atoms with Gasteiger partial charge in [-0.05, 0) is 18.2 Å². The lowest BCUT2D eigenvalue weighted by atomic mass is 10.1. The minimum absolute atomic E-state index is 0.181. The van der Waals surface area contributed by atoms with Crippen LogP contribution < -0.4 is 11.1 Å². The first-order chi connectivity index (χ1) is 12.1. The van der Waals surface area contributed by atoms with Crippen molar-refractivity contribution in [3.8, 4) is 16.9 Å². The highest BCUT2D eigenvalue weighted by Crippen LogP contribution is 2.19. The smallest absolute Gasteiger partial charge is 0.283 e. The van der Waals surface area contributed by atoms with Crippen LogP contribution in [0.4, 0.5) is 0 Å². The van der Waals surface area contributed by atoms with E-state index in [1.165, 1.54) is 4.57 Å². The molecule has 0 saturated heterocycles. The van der Waals surface area contributed by atoms with Gasteiger partial charge in [0.15, 0.2) is 5.52 Å². The fourth-order valence-corrected chi connectivity index (χ4v) is 2.93. The van der Waals surface area contributed by atoms with E-state index in [9.17, 15) is 9.59 Å². The van der Waals surface area contributed by atoms with Crippen molar-refractivity contribution in [3.05, 3.63) is 92.6 Å². The molecule has 0 bridgehead atoms. The lowest BCUT2D eigenvalue weighted by Crippen LogP contribution is -2.22. The summed E-state index contributed by atoms with van der Waals surface area (Å²) in [6, 6.07) is 17.7. The standard InChI is InChI=1S/C19H12ClN3O2/c20-13-8-4-5-9-15(13)23-11-10-14-17(19(23)25)22-16(18(24)21-14)12-6-2-1-3-7-12/h1-11H,(H,21,24). The van der Waals surface area contributed by atoms with Gasteiger partial charge in [-0.2, -0.15) is 0 Å². The summed E-state index contributed by atoms with van der Waals surface area (Å²) in [6.07, 6.45) is 1.58. The molecular weight excluding hydrogens is 338 g/mol.